The van der Waals surface area contributed by atoms with Gasteiger partial charge in [0, 0.05) is 24.3 Å². The first kappa shape index (κ1) is 19.4. The molecule has 1 fully saturated rings. The number of anilines is 1. The molecule has 1 aromatic carbocycles. The topological polar surface area (TPSA) is 64.7 Å². The van der Waals surface area contributed by atoms with Gasteiger partial charge in [0.25, 0.3) is 0 Å². The first-order chi connectivity index (χ1) is 11.8. The minimum Gasteiger partial charge on any atom is -0.350 e. The Kier molecular flexibility index (Phi) is 6.96. The van der Waals surface area contributed by atoms with Crippen LogP contribution in [0.1, 0.15) is 27.2 Å². The lowest BCUT2D eigenvalue weighted by atomic mass is 10.1. The fraction of sp³-hybridized carbons (Fsp3) is 0.579. The third-order valence-corrected chi connectivity index (χ3v) is 3.99. The van der Waals surface area contributed by atoms with Gasteiger partial charge in [-0.2, -0.15) is 0 Å². The number of carbonyl (C=O) groups excluding carboxylic acids is 2. The first-order valence-electron chi connectivity index (χ1n) is 8.92. The van der Waals surface area contributed by atoms with Crippen molar-refractivity contribution >= 4 is 17.5 Å². The molecule has 6 heteroatoms. The van der Waals surface area contributed by atoms with Crippen molar-refractivity contribution in [1.29, 1.82) is 0 Å². The third-order valence-electron chi connectivity index (χ3n) is 3.99. The van der Waals surface area contributed by atoms with E-state index in [1.54, 1.807) is 0 Å². The molecular weight excluding hydrogens is 316 g/mol. The highest BCUT2D eigenvalue weighted by molar-refractivity contribution is 5.92. The quantitative estimate of drug-likeness (QED) is 0.849. The number of hydrogen-bond acceptors (Lipinski definition) is 4. The summed E-state index contributed by atoms with van der Waals surface area (Å²) in [6.07, 6.45) is 0.960. The normalized spacial score (nSPS) is 16.9. The van der Waals surface area contributed by atoms with Gasteiger partial charge in [-0.15, -0.1) is 0 Å². The molecule has 0 unspecified atom stereocenters. The molecule has 0 aliphatic carbocycles. The lowest BCUT2D eigenvalue weighted by Crippen LogP contribution is -2.46. The average Bonchev–Trinajstić information content (AvgIpc) is 2.71. The fourth-order valence-electron chi connectivity index (χ4n) is 2.93. The lowest BCUT2D eigenvalue weighted by Gasteiger charge is -2.25. The van der Waals surface area contributed by atoms with Crippen molar-refractivity contribution in [3.05, 3.63) is 30.3 Å². The maximum atomic E-state index is 12.2. The van der Waals surface area contributed by atoms with Crippen LogP contribution in [0.2, 0.25) is 0 Å². The summed E-state index contributed by atoms with van der Waals surface area (Å²) >= 11 is 0. The number of carbonyl (C=O) groups is 2. The van der Waals surface area contributed by atoms with Crippen molar-refractivity contribution in [2.45, 2.75) is 32.7 Å². The van der Waals surface area contributed by atoms with Crippen molar-refractivity contribution < 1.29 is 9.59 Å². The molecule has 138 valence electrons. The van der Waals surface area contributed by atoms with Gasteiger partial charge in [-0.05, 0) is 52.4 Å². The molecule has 0 radical (unpaired) electrons. The maximum absolute atomic E-state index is 12.2. The first-order valence-corrected chi connectivity index (χ1v) is 8.92. The molecule has 0 atom stereocenters. The second-order valence-corrected chi connectivity index (χ2v) is 7.62. The maximum Gasteiger partial charge on any atom is 0.238 e. The van der Waals surface area contributed by atoms with E-state index in [1.807, 2.05) is 51.1 Å². The summed E-state index contributed by atoms with van der Waals surface area (Å²) < 4.78 is 0. The molecule has 0 aromatic heterocycles. The van der Waals surface area contributed by atoms with Crippen molar-refractivity contribution in [1.82, 2.24) is 15.1 Å². The molecule has 25 heavy (non-hydrogen) atoms. The molecular formula is C19H30N4O2. The van der Waals surface area contributed by atoms with Crippen LogP contribution in [0.4, 0.5) is 5.69 Å². The van der Waals surface area contributed by atoms with Gasteiger partial charge in [0.2, 0.25) is 11.8 Å². The molecule has 0 saturated carbocycles. The number of rotatable bonds is 5. The Morgan fingerprint density at radius 1 is 0.920 bits per heavy atom. The van der Waals surface area contributed by atoms with E-state index >= 15 is 0 Å². The standard InChI is InChI=1S/C19H30N4O2/c1-19(2,3)21-18(25)15-23-11-7-10-22(12-13-23)14-17(24)20-16-8-5-4-6-9-16/h4-6,8-9H,7,10-15H2,1-3H3,(H,20,24)(H,21,25). The third kappa shape index (κ3) is 7.67. The van der Waals surface area contributed by atoms with Gasteiger partial charge in [0.1, 0.15) is 0 Å². The van der Waals surface area contributed by atoms with E-state index in [0.29, 0.717) is 13.1 Å². The lowest BCUT2D eigenvalue weighted by molar-refractivity contribution is -0.123. The van der Waals surface area contributed by atoms with E-state index in [-0.39, 0.29) is 17.4 Å². The highest BCUT2D eigenvalue weighted by Crippen LogP contribution is 2.07. The molecule has 0 bridgehead atoms. The predicted octanol–water partition coefficient (Wildman–Crippen LogP) is 1.55. The Balaban J connectivity index is 1.75. The molecule has 2 N–H and O–H groups in total. The Labute approximate surface area is 150 Å². The Bertz CT molecular complexity index is 569. The highest BCUT2D eigenvalue weighted by atomic mass is 16.2. The molecule has 1 aliphatic rings. The summed E-state index contributed by atoms with van der Waals surface area (Å²) in [5.74, 6) is 0.0629. The zero-order chi connectivity index (χ0) is 18.3. The molecule has 2 rings (SSSR count). The summed E-state index contributed by atoms with van der Waals surface area (Å²) in [7, 11) is 0. The van der Waals surface area contributed by atoms with Crippen LogP contribution in [-0.4, -0.2) is 66.4 Å². The van der Waals surface area contributed by atoms with Crippen molar-refractivity contribution in [2.75, 3.05) is 44.6 Å². The molecule has 1 aliphatic heterocycles. The molecule has 1 heterocycles. The van der Waals surface area contributed by atoms with Gasteiger partial charge < -0.3 is 10.6 Å². The van der Waals surface area contributed by atoms with Gasteiger partial charge >= 0.3 is 0 Å². The second kappa shape index (κ2) is 8.97. The smallest absolute Gasteiger partial charge is 0.238 e. The van der Waals surface area contributed by atoms with Crippen molar-refractivity contribution in [3.63, 3.8) is 0 Å². The van der Waals surface area contributed by atoms with E-state index in [2.05, 4.69) is 20.4 Å². The van der Waals surface area contributed by atoms with Crippen LogP contribution in [0.3, 0.4) is 0 Å². The summed E-state index contributed by atoms with van der Waals surface area (Å²) in [6.45, 7) is 10.1. The summed E-state index contributed by atoms with van der Waals surface area (Å²) in [6, 6.07) is 9.50. The van der Waals surface area contributed by atoms with Gasteiger partial charge in [0.05, 0.1) is 13.1 Å². The predicted molar refractivity (Wildman–Crippen MR) is 100 cm³/mol. The van der Waals surface area contributed by atoms with Gasteiger partial charge in [-0.25, -0.2) is 0 Å². The SMILES string of the molecule is CC(C)(C)NC(=O)CN1CCCN(CC(=O)Nc2ccccc2)CC1. The summed E-state index contributed by atoms with van der Waals surface area (Å²) in [5.41, 5.74) is 0.618. The second-order valence-electron chi connectivity index (χ2n) is 7.62. The van der Waals surface area contributed by atoms with E-state index in [9.17, 15) is 9.59 Å². The van der Waals surface area contributed by atoms with Crippen LogP contribution in [0, 0.1) is 0 Å². The number of para-hydroxylation sites is 1. The van der Waals surface area contributed by atoms with Crippen molar-refractivity contribution in [2.24, 2.45) is 0 Å². The highest BCUT2D eigenvalue weighted by Gasteiger charge is 2.20. The molecule has 0 spiro atoms. The number of nitrogens with zero attached hydrogens (tertiary/aromatic N) is 2. The molecule has 1 aromatic rings. The average molecular weight is 346 g/mol. The monoisotopic (exact) mass is 346 g/mol. The van der Waals surface area contributed by atoms with Gasteiger partial charge in [-0.1, -0.05) is 18.2 Å². The fourth-order valence-corrected chi connectivity index (χ4v) is 2.93. The van der Waals surface area contributed by atoms with Crippen molar-refractivity contribution in [3.8, 4) is 0 Å². The van der Waals surface area contributed by atoms with Crippen LogP contribution in [0.25, 0.3) is 0 Å². The Morgan fingerprint density at radius 2 is 1.48 bits per heavy atom. The number of benzene rings is 1. The van der Waals surface area contributed by atoms with Gasteiger partial charge in [-0.3, -0.25) is 19.4 Å². The molecule has 2 amide bonds. The number of amides is 2. The summed E-state index contributed by atoms with van der Waals surface area (Å²) in [5, 5.41) is 5.92. The molecule has 1 saturated heterocycles. The van der Waals surface area contributed by atoms with Crippen LogP contribution in [-0.2, 0) is 9.59 Å². The van der Waals surface area contributed by atoms with Gasteiger partial charge in [0.15, 0.2) is 0 Å². The van der Waals surface area contributed by atoms with Crippen LogP contribution < -0.4 is 10.6 Å². The minimum absolute atomic E-state index is 0.00475. The van der Waals surface area contributed by atoms with E-state index < -0.39 is 0 Å². The van der Waals surface area contributed by atoms with Crippen LogP contribution in [0.15, 0.2) is 30.3 Å². The van der Waals surface area contributed by atoms with Crippen LogP contribution >= 0.6 is 0 Å². The van der Waals surface area contributed by atoms with E-state index in [1.165, 1.54) is 0 Å². The minimum atomic E-state index is -0.204. The van der Waals surface area contributed by atoms with Crippen LogP contribution in [0.5, 0.6) is 0 Å². The molecule has 6 nitrogen and oxygen atoms in total. The zero-order valence-electron chi connectivity index (χ0n) is 15.5. The number of nitrogens with one attached hydrogen (secondary N) is 2. The Morgan fingerprint density at radius 3 is 2.04 bits per heavy atom. The van der Waals surface area contributed by atoms with E-state index in [0.717, 1.165) is 38.3 Å². The largest absolute Gasteiger partial charge is 0.350 e. The Hall–Kier alpha value is -1.92. The number of hydrogen-bond donors (Lipinski definition) is 2. The zero-order valence-corrected chi connectivity index (χ0v) is 15.5. The summed E-state index contributed by atoms with van der Waals surface area (Å²) in [4.78, 5) is 28.6. The van der Waals surface area contributed by atoms with E-state index in [4.69, 9.17) is 0 Å².